The first-order chi connectivity index (χ1) is 9.90. The van der Waals surface area contributed by atoms with E-state index in [0.717, 1.165) is 6.07 Å². The summed E-state index contributed by atoms with van der Waals surface area (Å²) in [4.78, 5) is 13.4. The molecule has 3 atom stereocenters. The quantitative estimate of drug-likeness (QED) is 0.875. The van der Waals surface area contributed by atoms with Gasteiger partial charge in [0.15, 0.2) is 6.61 Å². The Kier molecular flexibility index (Phi) is 5.03. The van der Waals surface area contributed by atoms with E-state index in [0.29, 0.717) is 12.8 Å². The standard InChI is InChI=1S/C14H17ClFNO4/c1-17(11-4-5-12(18)14(11)20)13(19)7-21-8-2-3-10(16)9(15)6-8/h2-3,6,11-12,14,18,20H,4-5,7H2,1H3/t11-,12-,14-/m1/s1. The molecule has 2 rings (SSSR count). The van der Waals surface area contributed by atoms with Crippen LogP contribution in [-0.2, 0) is 4.79 Å². The second-order valence-electron chi connectivity index (χ2n) is 5.07. The number of carbonyl (C=O) groups is 1. The molecule has 116 valence electrons. The third-order valence-electron chi connectivity index (χ3n) is 3.69. The first-order valence-electron chi connectivity index (χ1n) is 6.60. The molecule has 0 aliphatic heterocycles. The fourth-order valence-corrected chi connectivity index (χ4v) is 2.53. The van der Waals surface area contributed by atoms with Crippen LogP contribution >= 0.6 is 11.6 Å². The normalized spacial score (nSPS) is 24.9. The van der Waals surface area contributed by atoms with Crippen molar-refractivity contribution < 1.29 is 24.1 Å². The van der Waals surface area contributed by atoms with Crippen molar-refractivity contribution in [2.75, 3.05) is 13.7 Å². The van der Waals surface area contributed by atoms with Crippen LogP contribution in [0.2, 0.25) is 5.02 Å². The van der Waals surface area contributed by atoms with Crippen LogP contribution in [0.15, 0.2) is 18.2 Å². The van der Waals surface area contributed by atoms with E-state index in [1.165, 1.54) is 17.0 Å². The topological polar surface area (TPSA) is 70.0 Å². The Morgan fingerprint density at radius 2 is 2.19 bits per heavy atom. The van der Waals surface area contributed by atoms with Crippen molar-refractivity contribution in [3.8, 4) is 5.75 Å². The Balaban J connectivity index is 1.90. The molecule has 1 saturated carbocycles. The molecule has 0 radical (unpaired) electrons. The summed E-state index contributed by atoms with van der Waals surface area (Å²) in [6.07, 6.45) is -0.758. The molecule has 0 spiro atoms. The fraction of sp³-hybridized carbons (Fsp3) is 0.500. The Bertz CT molecular complexity index is 528. The van der Waals surface area contributed by atoms with Crippen molar-refractivity contribution in [2.45, 2.75) is 31.1 Å². The van der Waals surface area contributed by atoms with Gasteiger partial charge >= 0.3 is 0 Å². The lowest BCUT2D eigenvalue weighted by atomic mass is 10.2. The fourth-order valence-electron chi connectivity index (χ4n) is 2.36. The van der Waals surface area contributed by atoms with Crippen molar-refractivity contribution in [3.63, 3.8) is 0 Å². The van der Waals surface area contributed by atoms with Gasteiger partial charge in [0.05, 0.1) is 17.2 Å². The second kappa shape index (κ2) is 6.60. The molecule has 0 saturated heterocycles. The van der Waals surface area contributed by atoms with Crippen molar-refractivity contribution in [1.82, 2.24) is 4.90 Å². The van der Waals surface area contributed by atoms with Crippen LogP contribution in [0.25, 0.3) is 0 Å². The van der Waals surface area contributed by atoms with Crippen LogP contribution in [0.5, 0.6) is 5.75 Å². The molecule has 2 N–H and O–H groups in total. The van der Waals surface area contributed by atoms with Crippen molar-refractivity contribution in [3.05, 3.63) is 29.0 Å². The summed E-state index contributed by atoms with van der Waals surface area (Å²) in [5, 5.41) is 19.2. The van der Waals surface area contributed by atoms with Gasteiger partial charge in [-0.25, -0.2) is 4.39 Å². The smallest absolute Gasteiger partial charge is 0.260 e. The highest BCUT2D eigenvalue weighted by Crippen LogP contribution is 2.24. The molecule has 7 heteroatoms. The Morgan fingerprint density at radius 1 is 1.48 bits per heavy atom. The predicted octanol–water partition coefficient (Wildman–Crippen LogP) is 1.20. The van der Waals surface area contributed by atoms with E-state index in [-0.39, 0.29) is 23.3 Å². The number of ether oxygens (including phenoxy) is 1. The number of hydrogen-bond donors (Lipinski definition) is 2. The summed E-state index contributed by atoms with van der Waals surface area (Å²) >= 11 is 5.62. The van der Waals surface area contributed by atoms with Crippen LogP contribution < -0.4 is 4.74 Å². The summed E-state index contributed by atoms with van der Waals surface area (Å²) < 4.78 is 18.3. The summed E-state index contributed by atoms with van der Waals surface area (Å²) in [5.41, 5.74) is 0. The number of carbonyl (C=O) groups excluding carboxylic acids is 1. The second-order valence-corrected chi connectivity index (χ2v) is 5.48. The number of amides is 1. The first-order valence-corrected chi connectivity index (χ1v) is 6.97. The van der Waals surface area contributed by atoms with Crippen LogP contribution in [0.1, 0.15) is 12.8 Å². The molecule has 0 bridgehead atoms. The molecule has 1 aliphatic carbocycles. The molecule has 0 unspecified atom stereocenters. The molecule has 1 aromatic rings. The average Bonchev–Trinajstić information content (AvgIpc) is 2.79. The lowest BCUT2D eigenvalue weighted by Crippen LogP contribution is -2.45. The van der Waals surface area contributed by atoms with E-state index < -0.39 is 24.1 Å². The van der Waals surface area contributed by atoms with Gasteiger partial charge in [-0.2, -0.15) is 0 Å². The van der Waals surface area contributed by atoms with E-state index >= 15 is 0 Å². The van der Waals surface area contributed by atoms with Crippen molar-refractivity contribution in [2.24, 2.45) is 0 Å². The number of aliphatic hydroxyl groups is 2. The maximum Gasteiger partial charge on any atom is 0.260 e. The Hall–Kier alpha value is -1.37. The number of likely N-dealkylation sites (N-methyl/N-ethyl adjacent to an activating group) is 1. The van der Waals surface area contributed by atoms with Crippen molar-refractivity contribution in [1.29, 1.82) is 0 Å². The van der Waals surface area contributed by atoms with Gasteiger partial charge < -0.3 is 19.8 Å². The van der Waals surface area contributed by atoms with Gasteiger partial charge in [0.1, 0.15) is 17.7 Å². The van der Waals surface area contributed by atoms with E-state index in [4.69, 9.17) is 16.3 Å². The van der Waals surface area contributed by atoms with Crippen LogP contribution in [-0.4, -0.2) is 52.9 Å². The zero-order valence-corrected chi connectivity index (χ0v) is 12.3. The maximum atomic E-state index is 13.0. The summed E-state index contributed by atoms with van der Waals surface area (Å²) in [6, 6.07) is 3.40. The average molecular weight is 318 g/mol. The number of aliphatic hydroxyl groups excluding tert-OH is 2. The lowest BCUT2D eigenvalue weighted by molar-refractivity contribution is -0.136. The number of benzene rings is 1. The van der Waals surface area contributed by atoms with Crippen LogP contribution in [0.3, 0.4) is 0 Å². The van der Waals surface area contributed by atoms with E-state index in [2.05, 4.69) is 0 Å². The predicted molar refractivity (Wildman–Crippen MR) is 74.7 cm³/mol. The van der Waals surface area contributed by atoms with Crippen LogP contribution in [0.4, 0.5) is 4.39 Å². The first kappa shape index (κ1) is 16.0. The van der Waals surface area contributed by atoms with Crippen LogP contribution in [0, 0.1) is 5.82 Å². The number of rotatable bonds is 4. The molecule has 1 amide bonds. The van der Waals surface area contributed by atoms with Gasteiger partial charge in [0.2, 0.25) is 0 Å². The summed E-state index contributed by atoms with van der Waals surface area (Å²) in [7, 11) is 1.55. The Labute approximate surface area is 126 Å². The molecule has 5 nitrogen and oxygen atoms in total. The lowest BCUT2D eigenvalue weighted by Gasteiger charge is -2.27. The highest BCUT2D eigenvalue weighted by atomic mass is 35.5. The largest absolute Gasteiger partial charge is 0.484 e. The molecular formula is C14H17ClFNO4. The van der Waals surface area contributed by atoms with Crippen molar-refractivity contribution >= 4 is 17.5 Å². The Morgan fingerprint density at radius 3 is 2.76 bits per heavy atom. The number of hydrogen-bond acceptors (Lipinski definition) is 4. The molecule has 1 aliphatic rings. The molecule has 1 aromatic carbocycles. The molecular weight excluding hydrogens is 301 g/mol. The van der Waals surface area contributed by atoms with Gasteiger partial charge in [0.25, 0.3) is 5.91 Å². The minimum atomic E-state index is -0.945. The van der Waals surface area contributed by atoms with Gasteiger partial charge in [-0.15, -0.1) is 0 Å². The van der Waals surface area contributed by atoms with Gasteiger partial charge in [0, 0.05) is 13.1 Å². The number of halogens is 2. The maximum absolute atomic E-state index is 13.0. The highest BCUT2D eigenvalue weighted by molar-refractivity contribution is 6.30. The van der Waals surface area contributed by atoms with E-state index in [9.17, 15) is 19.4 Å². The molecule has 0 heterocycles. The zero-order valence-electron chi connectivity index (χ0n) is 11.5. The van der Waals surface area contributed by atoms with E-state index in [1.54, 1.807) is 7.05 Å². The monoisotopic (exact) mass is 317 g/mol. The van der Waals surface area contributed by atoms with E-state index in [1.807, 2.05) is 0 Å². The summed E-state index contributed by atoms with van der Waals surface area (Å²) in [6.45, 7) is -0.252. The van der Waals surface area contributed by atoms with Gasteiger partial charge in [-0.3, -0.25) is 4.79 Å². The third-order valence-corrected chi connectivity index (χ3v) is 3.98. The third kappa shape index (κ3) is 3.64. The summed E-state index contributed by atoms with van der Waals surface area (Å²) in [5.74, 6) is -0.612. The highest BCUT2D eigenvalue weighted by Gasteiger charge is 2.37. The molecule has 0 aromatic heterocycles. The van der Waals surface area contributed by atoms with Gasteiger partial charge in [-0.05, 0) is 25.0 Å². The molecule has 1 fully saturated rings. The molecule has 21 heavy (non-hydrogen) atoms. The number of nitrogens with zero attached hydrogens (tertiary/aromatic N) is 1. The minimum absolute atomic E-state index is 0.0809. The zero-order chi connectivity index (χ0) is 15.6. The van der Waals surface area contributed by atoms with Gasteiger partial charge in [-0.1, -0.05) is 11.6 Å². The minimum Gasteiger partial charge on any atom is -0.484 e. The SMILES string of the molecule is CN(C(=O)COc1ccc(F)c(Cl)c1)[C@@H]1CC[C@@H](O)[C@@H]1O.